The van der Waals surface area contributed by atoms with Crippen molar-refractivity contribution in [3.63, 3.8) is 0 Å². The summed E-state index contributed by atoms with van der Waals surface area (Å²) >= 11 is 1.56. The summed E-state index contributed by atoms with van der Waals surface area (Å²) in [5.41, 5.74) is 6.26. The van der Waals surface area contributed by atoms with Gasteiger partial charge < -0.3 is 19.2 Å². The minimum Gasteiger partial charge on any atom is -0.465 e. The maximum atomic E-state index is 12.1. The first kappa shape index (κ1) is 20.8. The molecular formula is C23H27N3O3S. The number of rotatable bonds is 6. The van der Waals surface area contributed by atoms with E-state index in [0.29, 0.717) is 6.61 Å². The first-order valence-electron chi connectivity index (χ1n) is 10.1. The topological polar surface area (TPSA) is 64.9 Å². The van der Waals surface area contributed by atoms with Gasteiger partial charge in [-0.15, -0.1) is 11.8 Å². The Morgan fingerprint density at radius 3 is 2.70 bits per heavy atom. The number of aryl methyl sites for hydroxylation is 2. The van der Waals surface area contributed by atoms with Crippen LogP contribution in [-0.4, -0.2) is 40.9 Å². The second-order valence-corrected chi connectivity index (χ2v) is 8.52. The highest BCUT2D eigenvalue weighted by molar-refractivity contribution is 8.00. The van der Waals surface area contributed by atoms with Crippen molar-refractivity contribution in [2.45, 2.75) is 38.2 Å². The van der Waals surface area contributed by atoms with E-state index >= 15 is 0 Å². The number of methoxy groups -OCH3 is 1. The maximum absolute atomic E-state index is 12.1. The number of benzene rings is 1. The van der Waals surface area contributed by atoms with Gasteiger partial charge in [-0.25, -0.2) is 4.98 Å². The Labute approximate surface area is 181 Å². The molecule has 0 amide bonds. The van der Waals surface area contributed by atoms with Gasteiger partial charge in [0.15, 0.2) is 5.65 Å². The summed E-state index contributed by atoms with van der Waals surface area (Å²) in [4.78, 5) is 16.9. The van der Waals surface area contributed by atoms with Gasteiger partial charge in [0.1, 0.15) is 0 Å². The summed E-state index contributed by atoms with van der Waals surface area (Å²) in [7, 11) is 1.73. The lowest BCUT2D eigenvalue weighted by Gasteiger charge is -2.39. The fraction of sp³-hybridized carbons (Fsp3) is 0.391. The Kier molecular flexibility index (Phi) is 6.01. The van der Waals surface area contributed by atoms with Gasteiger partial charge in [-0.05, 0) is 38.0 Å². The van der Waals surface area contributed by atoms with Crippen molar-refractivity contribution in [2.24, 2.45) is 0 Å². The molecule has 7 heteroatoms. The molecule has 0 saturated heterocycles. The van der Waals surface area contributed by atoms with Crippen LogP contribution in [0, 0.1) is 13.8 Å². The largest absolute Gasteiger partial charge is 0.465 e. The highest BCUT2D eigenvalue weighted by Gasteiger charge is 2.39. The van der Waals surface area contributed by atoms with Crippen LogP contribution in [0.1, 0.15) is 40.7 Å². The molecule has 3 heterocycles. The molecular weight excluding hydrogens is 398 g/mol. The molecule has 1 aliphatic heterocycles. The zero-order chi connectivity index (χ0) is 21.3. The summed E-state index contributed by atoms with van der Waals surface area (Å²) < 4.78 is 13.3. The van der Waals surface area contributed by atoms with E-state index in [1.165, 1.54) is 0 Å². The van der Waals surface area contributed by atoms with Gasteiger partial charge in [-0.3, -0.25) is 4.79 Å². The minimum atomic E-state index is -0.206. The molecule has 3 aromatic rings. The van der Waals surface area contributed by atoms with Crippen LogP contribution in [0.4, 0.5) is 5.69 Å². The fourth-order valence-electron chi connectivity index (χ4n) is 4.07. The lowest BCUT2D eigenvalue weighted by atomic mass is 9.90. The summed E-state index contributed by atoms with van der Waals surface area (Å²) in [5.74, 6) is 0.0686. The molecule has 0 radical (unpaired) electrons. The van der Waals surface area contributed by atoms with Crippen LogP contribution in [0.15, 0.2) is 42.6 Å². The standard InChI is InChI=1S/C23H27N3O3S/c1-5-29-18(27)13-30-22-17-11-12-26-15(3)14(2)24-23(26)20(17)25-19(21(22)28-4)16-9-7-6-8-10-16/h6-12,19,21-22,25H,5,13H2,1-4H3. The Balaban J connectivity index is 1.81. The lowest BCUT2D eigenvalue weighted by molar-refractivity contribution is -0.139. The molecule has 1 aromatic carbocycles. The number of imidazole rings is 1. The quantitative estimate of drug-likeness (QED) is 0.588. The number of hydrogen-bond acceptors (Lipinski definition) is 6. The van der Waals surface area contributed by atoms with E-state index in [-0.39, 0.29) is 29.1 Å². The van der Waals surface area contributed by atoms with E-state index in [1.54, 1.807) is 18.9 Å². The van der Waals surface area contributed by atoms with Crippen molar-refractivity contribution in [1.29, 1.82) is 0 Å². The molecule has 3 unspecified atom stereocenters. The maximum Gasteiger partial charge on any atom is 0.315 e. The van der Waals surface area contributed by atoms with Gasteiger partial charge >= 0.3 is 5.97 Å². The molecule has 158 valence electrons. The van der Waals surface area contributed by atoms with E-state index in [2.05, 4.69) is 41.0 Å². The van der Waals surface area contributed by atoms with Gasteiger partial charge in [-0.2, -0.15) is 0 Å². The van der Waals surface area contributed by atoms with E-state index in [4.69, 9.17) is 14.5 Å². The first-order chi connectivity index (χ1) is 14.5. The van der Waals surface area contributed by atoms with E-state index in [9.17, 15) is 4.79 Å². The second kappa shape index (κ2) is 8.70. The Morgan fingerprint density at radius 1 is 1.23 bits per heavy atom. The van der Waals surface area contributed by atoms with Crippen LogP contribution >= 0.6 is 11.8 Å². The number of nitrogens with zero attached hydrogens (tertiary/aromatic N) is 2. The lowest BCUT2D eigenvalue weighted by Crippen LogP contribution is -2.37. The van der Waals surface area contributed by atoms with Crippen LogP contribution < -0.4 is 5.32 Å². The summed E-state index contributed by atoms with van der Waals surface area (Å²) in [6, 6.07) is 12.3. The number of esters is 1. The number of ether oxygens (including phenoxy) is 2. The molecule has 0 fully saturated rings. The number of hydrogen-bond donors (Lipinski definition) is 1. The van der Waals surface area contributed by atoms with Crippen LogP contribution in [0.5, 0.6) is 0 Å². The van der Waals surface area contributed by atoms with Crippen LogP contribution in [0.2, 0.25) is 0 Å². The average Bonchev–Trinajstić information content (AvgIpc) is 3.06. The van der Waals surface area contributed by atoms with E-state index in [1.807, 2.05) is 32.0 Å². The molecule has 1 N–H and O–H groups in total. The van der Waals surface area contributed by atoms with Crippen molar-refractivity contribution in [3.05, 3.63) is 65.1 Å². The van der Waals surface area contributed by atoms with Crippen LogP contribution in [0.25, 0.3) is 5.65 Å². The molecule has 30 heavy (non-hydrogen) atoms. The Bertz CT molecular complexity index is 1050. The van der Waals surface area contributed by atoms with Crippen LogP contribution in [0.3, 0.4) is 0 Å². The van der Waals surface area contributed by atoms with E-state index in [0.717, 1.165) is 33.8 Å². The van der Waals surface area contributed by atoms with E-state index < -0.39 is 0 Å². The number of thioether (sulfide) groups is 1. The number of nitrogens with one attached hydrogen (secondary N) is 1. The molecule has 6 nitrogen and oxygen atoms in total. The second-order valence-electron chi connectivity index (χ2n) is 7.39. The predicted octanol–water partition coefficient (Wildman–Crippen LogP) is 4.47. The normalized spacial score (nSPS) is 20.6. The number of anilines is 1. The van der Waals surface area contributed by atoms with Crippen molar-refractivity contribution in [2.75, 3.05) is 24.8 Å². The van der Waals surface area contributed by atoms with Gasteiger partial charge in [0, 0.05) is 19.0 Å². The van der Waals surface area contributed by atoms with Gasteiger partial charge in [-0.1, -0.05) is 30.3 Å². The third kappa shape index (κ3) is 3.68. The third-order valence-corrected chi connectivity index (χ3v) is 6.94. The number of carbonyl (C=O) groups is 1. The molecule has 2 aromatic heterocycles. The van der Waals surface area contributed by atoms with Gasteiger partial charge in [0.25, 0.3) is 0 Å². The SMILES string of the molecule is CCOC(=O)CSC1c2ccn3c(C)c(C)nc3c2NC(c2ccccc2)C1OC. The van der Waals surface area contributed by atoms with Crippen molar-refractivity contribution in [1.82, 2.24) is 9.38 Å². The third-order valence-electron chi connectivity index (χ3n) is 5.65. The zero-order valence-corrected chi connectivity index (χ0v) is 18.5. The average molecular weight is 426 g/mol. The molecule has 1 aliphatic rings. The molecule has 0 spiro atoms. The molecule has 3 atom stereocenters. The monoisotopic (exact) mass is 425 g/mol. The molecule has 0 saturated carbocycles. The first-order valence-corrected chi connectivity index (χ1v) is 11.2. The smallest absolute Gasteiger partial charge is 0.315 e. The van der Waals surface area contributed by atoms with Gasteiger partial charge in [0.05, 0.1) is 41.1 Å². The van der Waals surface area contributed by atoms with Crippen molar-refractivity contribution in [3.8, 4) is 0 Å². The van der Waals surface area contributed by atoms with Crippen molar-refractivity contribution >= 4 is 29.1 Å². The molecule has 0 aliphatic carbocycles. The Morgan fingerprint density at radius 2 is 2.00 bits per heavy atom. The van der Waals surface area contributed by atoms with Crippen molar-refractivity contribution < 1.29 is 14.3 Å². The number of aromatic nitrogens is 2. The number of carbonyl (C=O) groups excluding carboxylic acids is 1. The molecule has 4 rings (SSSR count). The highest BCUT2D eigenvalue weighted by Crippen LogP contribution is 2.48. The van der Waals surface area contributed by atoms with Crippen LogP contribution in [-0.2, 0) is 14.3 Å². The minimum absolute atomic E-state index is 0.0387. The zero-order valence-electron chi connectivity index (χ0n) is 17.7. The fourth-order valence-corrected chi connectivity index (χ4v) is 5.30. The summed E-state index contributed by atoms with van der Waals surface area (Å²) in [6.45, 7) is 6.31. The molecule has 0 bridgehead atoms. The van der Waals surface area contributed by atoms with Gasteiger partial charge in [0.2, 0.25) is 0 Å². The number of fused-ring (bicyclic) bond motifs is 3. The predicted molar refractivity (Wildman–Crippen MR) is 120 cm³/mol. The summed E-state index contributed by atoms with van der Waals surface area (Å²) in [5, 5.41) is 3.66. The Hall–Kier alpha value is -2.51. The highest BCUT2D eigenvalue weighted by atomic mass is 32.2. The summed E-state index contributed by atoms with van der Waals surface area (Å²) in [6.07, 6.45) is 1.90. The number of pyridine rings is 1.